The second kappa shape index (κ2) is 5.14. The number of hydrogen-bond donors (Lipinski definition) is 0. The predicted octanol–water partition coefficient (Wildman–Crippen LogP) is 2.03. The summed E-state index contributed by atoms with van der Waals surface area (Å²) >= 11 is 0. The summed E-state index contributed by atoms with van der Waals surface area (Å²) in [6.07, 6.45) is 4.54. The second-order valence-electron chi connectivity index (χ2n) is 6.32. The van der Waals surface area contributed by atoms with Gasteiger partial charge in [0.25, 0.3) is 5.91 Å². The largest absolute Gasteiger partial charge is 0.374 e. The first kappa shape index (κ1) is 13.7. The maximum Gasteiger partial charge on any atom is 0.255 e. The molecule has 2 aromatic heterocycles. The third-order valence-electron chi connectivity index (χ3n) is 4.83. The lowest BCUT2D eigenvalue weighted by Gasteiger charge is -2.26. The number of likely N-dealkylation sites (tertiary alicyclic amines) is 1. The minimum absolute atomic E-state index is 0.0226. The molecule has 0 unspecified atom stereocenters. The molecule has 2 atom stereocenters. The fourth-order valence-electron chi connectivity index (χ4n) is 3.61. The highest BCUT2D eigenvalue weighted by Crippen LogP contribution is 2.29. The first-order valence-electron chi connectivity index (χ1n) is 8.11. The number of ether oxygens (including phenoxy) is 1. The number of benzene rings is 1. The average molecular weight is 320 g/mol. The zero-order chi connectivity index (χ0) is 16.1. The van der Waals surface area contributed by atoms with Crippen LogP contribution in [0.25, 0.3) is 16.9 Å². The lowest BCUT2D eigenvalue weighted by molar-refractivity contribution is 0.0259. The van der Waals surface area contributed by atoms with E-state index in [-0.39, 0.29) is 18.1 Å². The number of nitrogens with zero attached hydrogens (tertiary/aromatic N) is 4. The normalized spacial score (nSPS) is 22.4. The van der Waals surface area contributed by atoms with Crippen LogP contribution in [0.1, 0.15) is 16.8 Å². The van der Waals surface area contributed by atoms with E-state index in [2.05, 4.69) is 9.97 Å². The number of carbonyl (C=O) groups is 1. The van der Waals surface area contributed by atoms with Crippen molar-refractivity contribution >= 4 is 17.1 Å². The van der Waals surface area contributed by atoms with E-state index in [0.717, 1.165) is 23.3 Å². The fourth-order valence-corrected chi connectivity index (χ4v) is 3.61. The standard InChI is InChI=1S/C18H16N4O2/c23-18(21-9-15-7-14(21)10-24-15)12-6-16-17(19-8-12)22(11-20-16)13-4-2-1-3-5-13/h1-6,8,11,14-15H,7,9-10H2/t14-,15-/m1/s1. The zero-order valence-electron chi connectivity index (χ0n) is 13.0. The second-order valence-corrected chi connectivity index (χ2v) is 6.32. The highest BCUT2D eigenvalue weighted by molar-refractivity contribution is 5.97. The van der Waals surface area contributed by atoms with Crippen LogP contribution in [-0.4, -0.2) is 50.6 Å². The summed E-state index contributed by atoms with van der Waals surface area (Å²) in [7, 11) is 0. The van der Waals surface area contributed by atoms with Crippen molar-refractivity contribution in [2.45, 2.75) is 18.6 Å². The first-order chi connectivity index (χ1) is 11.8. The molecule has 2 fully saturated rings. The summed E-state index contributed by atoms with van der Waals surface area (Å²) in [4.78, 5) is 23.6. The first-order valence-corrected chi connectivity index (χ1v) is 8.11. The number of aromatic nitrogens is 3. The molecule has 2 saturated heterocycles. The van der Waals surface area contributed by atoms with Gasteiger partial charge < -0.3 is 9.64 Å². The van der Waals surface area contributed by atoms with Crippen LogP contribution in [0.3, 0.4) is 0 Å². The minimum Gasteiger partial charge on any atom is -0.374 e. The number of carbonyl (C=O) groups excluding carboxylic acids is 1. The molecule has 1 amide bonds. The number of fused-ring (bicyclic) bond motifs is 3. The van der Waals surface area contributed by atoms with Crippen molar-refractivity contribution in [3.8, 4) is 5.69 Å². The van der Waals surface area contributed by atoms with E-state index < -0.39 is 0 Å². The maximum atomic E-state index is 12.8. The molecule has 2 aliphatic heterocycles. The van der Waals surface area contributed by atoms with Gasteiger partial charge in [0, 0.05) is 18.4 Å². The van der Waals surface area contributed by atoms with Crippen LogP contribution in [0.4, 0.5) is 0 Å². The Morgan fingerprint density at radius 2 is 2.08 bits per heavy atom. The van der Waals surface area contributed by atoms with Gasteiger partial charge in [0.1, 0.15) is 11.8 Å². The Kier molecular flexibility index (Phi) is 2.93. The van der Waals surface area contributed by atoms with Crippen LogP contribution in [0.15, 0.2) is 48.9 Å². The summed E-state index contributed by atoms with van der Waals surface area (Å²) < 4.78 is 7.49. The summed E-state index contributed by atoms with van der Waals surface area (Å²) in [5.74, 6) is 0.0226. The fraction of sp³-hybridized carbons (Fsp3) is 0.278. The van der Waals surface area contributed by atoms with Gasteiger partial charge in [-0.3, -0.25) is 9.36 Å². The third kappa shape index (κ3) is 2.03. The summed E-state index contributed by atoms with van der Waals surface area (Å²) in [5.41, 5.74) is 3.07. The van der Waals surface area contributed by atoms with Crippen molar-refractivity contribution in [1.82, 2.24) is 19.4 Å². The van der Waals surface area contributed by atoms with Gasteiger partial charge in [-0.1, -0.05) is 18.2 Å². The Morgan fingerprint density at radius 3 is 2.83 bits per heavy atom. The highest BCUT2D eigenvalue weighted by atomic mass is 16.5. The van der Waals surface area contributed by atoms with Gasteiger partial charge in [-0.2, -0.15) is 0 Å². The van der Waals surface area contributed by atoms with Gasteiger partial charge in [0.2, 0.25) is 0 Å². The molecule has 5 rings (SSSR count). The van der Waals surface area contributed by atoms with Gasteiger partial charge in [-0.15, -0.1) is 0 Å². The molecular formula is C18H16N4O2. The summed E-state index contributed by atoms with van der Waals surface area (Å²) in [6.45, 7) is 1.33. The highest BCUT2D eigenvalue weighted by Gasteiger charge is 2.41. The van der Waals surface area contributed by atoms with E-state index in [1.807, 2.05) is 45.9 Å². The monoisotopic (exact) mass is 320 g/mol. The van der Waals surface area contributed by atoms with Crippen LogP contribution in [0.2, 0.25) is 0 Å². The lowest BCUT2D eigenvalue weighted by atomic mass is 10.2. The molecule has 0 N–H and O–H groups in total. The molecule has 6 nitrogen and oxygen atoms in total. The molecule has 0 spiro atoms. The average Bonchev–Trinajstić information content (AvgIpc) is 3.36. The smallest absolute Gasteiger partial charge is 0.255 e. The Labute approximate surface area is 138 Å². The van der Waals surface area contributed by atoms with Crippen LogP contribution in [-0.2, 0) is 4.74 Å². The SMILES string of the molecule is O=C(c1cnc2c(c1)ncn2-c1ccccc1)N1C[C@H]2C[C@@H]1CO2. The Hall–Kier alpha value is -2.73. The number of amides is 1. The lowest BCUT2D eigenvalue weighted by Crippen LogP contribution is -2.41. The van der Waals surface area contributed by atoms with Crippen molar-refractivity contribution in [3.05, 3.63) is 54.5 Å². The molecule has 0 aliphatic carbocycles. The molecule has 24 heavy (non-hydrogen) atoms. The van der Waals surface area contributed by atoms with Crippen LogP contribution < -0.4 is 0 Å². The molecule has 3 aromatic rings. The predicted molar refractivity (Wildman–Crippen MR) is 88.0 cm³/mol. The van der Waals surface area contributed by atoms with Crippen molar-refractivity contribution in [2.75, 3.05) is 13.2 Å². The summed E-state index contributed by atoms with van der Waals surface area (Å²) in [6, 6.07) is 12.0. The van der Waals surface area contributed by atoms with Crippen molar-refractivity contribution < 1.29 is 9.53 Å². The van der Waals surface area contributed by atoms with E-state index in [4.69, 9.17) is 4.74 Å². The van der Waals surface area contributed by atoms with Crippen LogP contribution in [0.5, 0.6) is 0 Å². The van der Waals surface area contributed by atoms with E-state index >= 15 is 0 Å². The number of pyridine rings is 1. The van der Waals surface area contributed by atoms with Gasteiger partial charge in [-0.05, 0) is 24.6 Å². The topological polar surface area (TPSA) is 60.2 Å². The molecule has 0 saturated carbocycles. The molecular weight excluding hydrogens is 304 g/mol. The zero-order valence-corrected chi connectivity index (χ0v) is 13.0. The number of hydrogen-bond acceptors (Lipinski definition) is 4. The molecule has 4 heterocycles. The number of morpholine rings is 1. The molecule has 6 heteroatoms. The third-order valence-corrected chi connectivity index (χ3v) is 4.83. The van der Waals surface area contributed by atoms with Crippen molar-refractivity contribution in [3.63, 3.8) is 0 Å². The summed E-state index contributed by atoms with van der Waals surface area (Å²) in [5, 5.41) is 0. The Bertz CT molecular complexity index is 921. The van der Waals surface area contributed by atoms with Gasteiger partial charge in [0.15, 0.2) is 5.65 Å². The molecule has 120 valence electrons. The van der Waals surface area contributed by atoms with Gasteiger partial charge in [-0.25, -0.2) is 9.97 Å². The molecule has 2 bridgehead atoms. The van der Waals surface area contributed by atoms with Crippen LogP contribution >= 0.6 is 0 Å². The number of rotatable bonds is 2. The van der Waals surface area contributed by atoms with Gasteiger partial charge in [0.05, 0.1) is 24.3 Å². The van der Waals surface area contributed by atoms with E-state index in [0.29, 0.717) is 18.7 Å². The van der Waals surface area contributed by atoms with Crippen molar-refractivity contribution in [1.29, 1.82) is 0 Å². The molecule has 2 aliphatic rings. The van der Waals surface area contributed by atoms with Crippen LogP contribution in [0, 0.1) is 0 Å². The Morgan fingerprint density at radius 1 is 1.21 bits per heavy atom. The minimum atomic E-state index is 0.0226. The van der Waals surface area contributed by atoms with E-state index in [1.165, 1.54) is 0 Å². The maximum absolute atomic E-state index is 12.8. The van der Waals surface area contributed by atoms with Gasteiger partial charge >= 0.3 is 0 Å². The quantitative estimate of drug-likeness (QED) is 0.725. The van der Waals surface area contributed by atoms with E-state index in [9.17, 15) is 4.79 Å². The molecule has 0 radical (unpaired) electrons. The molecule has 1 aromatic carbocycles. The number of para-hydroxylation sites is 1. The Balaban J connectivity index is 1.50. The van der Waals surface area contributed by atoms with E-state index in [1.54, 1.807) is 12.5 Å². The van der Waals surface area contributed by atoms with Crippen molar-refractivity contribution in [2.24, 2.45) is 0 Å². The number of imidazole rings is 1.